The van der Waals surface area contributed by atoms with E-state index in [1.807, 2.05) is 0 Å². The molecule has 0 aromatic heterocycles. The summed E-state index contributed by atoms with van der Waals surface area (Å²) in [6, 6.07) is 0. The maximum atomic E-state index is 11.7. The van der Waals surface area contributed by atoms with Gasteiger partial charge in [-0.1, -0.05) is 13.8 Å². The molecule has 2 N–H and O–H groups in total. The Balaban J connectivity index is 2.00. The summed E-state index contributed by atoms with van der Waals surface area (Å²) in [7, 11) is 0. The normalized spacial score (nSPS) is 58.9. The largest absolute Gasteiger partial charge is 0.461 e. The van der Waals surface area contributed by atoms with Crippen LogP contribution in [0.3, 0.4) is 0 Å². The highest BCUT2D eigenvalue weighted by molar-refractivity contribution is 5.80. The molecule has 1 aliphatic heterocycles. The standard InChI is InChI=1S/C12H18O4/c1-3-11(2)10-12(11)5-4-6(13)8(14)7(12)9(15)16-10/h6-8,10,13-14H,3-5H2,1-2H3/t6-,7-,8-,10-,11-,12-/m0/s1. The minimum atomic E-state index is -0.945. The van der Waals surface area contributed by atoms with Crippen molar-refractivity contribution in [2.75, 3.05) is 0 Å². The van der Waals surface area contributed by atoms with Gasteiger partial charge in [0.25, 0.3) is 0 Å². The van der Waals surface area contributed by atoms with E-state index in [1.54, 1.807) is 0 Å². The van der Waals surface area contributed by atoms with Crippen molar-refractivity contribution in [2.24, 2.45) is 16.7 Å². The van der Waals surface area contributed by atoms with Crippen molar-refractivity contribution in [2.45, 2.75) is 51.4 Å². The highest BCUT2D eigenvalue weighted by Gasteiger charge is 2.85. The Morgan fingerprint density at radius 1 is 1.50 bits per heavy atom. The molecule has 3 fully saturated rings. The van der Waals surface area contributed by atoms with Gasteiger partial charge >= 0.3 is 5.97 Å². The molecule has 2 saturated carbocycles. The van der Waals surface area contributed by atoms with E-state index in [1.165, 1.54) is 0 Å². The van der Waals surface area contributed by atoms with E-state index in [0.29, 0.717) is 6.42 Å². The second kappa shape index (κ2) is 2.79. The van der Waals surface area contributed by atoms with Crippen LogP contribution in [-0.2, 0) is 9.53 Å². The Morgan fingerprint density at radius 3 is 2.81 bits per heavy atom. The number of hydrogen-bond acceptors (Lipinski definition) is 4. The number of aliphatic hydroxyl groups is 2. The Kier molecular flexibility index (Phi) is 1.84. The zero-order valence-electron chi connectivity index (χ0n) is 9.64. The van der Waals surface area contributed by atoms with Crippen LogP contribution in [0.15, 0.2) is 0 Å². The summed E-state index contributed by atoms with van der Waals surface area (Å²) in [4.78, 5) is 11.7. The van der Waals surface area contributed by atoms with Crippen molar-refractivity contribution in [1.82, 2.24) is 0 Å². The van der Waals surface area contributed by atoms with Crippen molar-refractivity contribution in [3.8, 4) is 0 Å². The third-order valence-electron chi connectivity index (χ3n) is 5.39. The van der Waals surface area contributed by atoms with E-state index in [0.717, 1.165) is 12.8 Å². The summed E-state index contributed by atoms with van der Waals surface area (Å²) in [5, 5.41) is 19.6. The predicted molar refractivity (Wildman–Crippen MR) is 55.4 cm³/mol. The molecule has 16 heavy (non-hydrogen) atoms. The SMILES string of the molecule is CC[C@@]1(C)[C@@H]2OC(=O)[C@@H]3[C@@H](O)[C@@H](O)CC[C@]321. The van der Waals surface area contributed by atoms with Crippen molar-refractivity contribution in [1.29, 1.82) is 0 Å². The highest BCUT2D eigenvalue weighted by atomic mass is 16.6. The van der Waals surface area contributed by atoms with Gasteiger partial charge in [-0.15, -0.1) is 0 Å². The van der Waals surface area contributed by atoms with Gasteiger partial charge in [-0.3, -0.25) is 4.79 Å². The van der Waals surface area contributed by atoms with Crippen LogP contribution in [0.4, 0.5) is 0 Å². The molecule has 0 aromatic carbocycles. The van der Waals surface area contributed by atoms with Crippen LogP contribution in [0.25, 0.3) is 0 Å². The maximum absolute atomic E-state index is 11.7. The molecule has 2 aliphatic carbocycles. The van der Waals surface area contributed by atoms with Gasteiger partial charge in [0.1, 0.15) is 6.10 Å². The quantitative estimate of drug-likeness (QED) is 0.637. The third-order valence-corrected chi connectivity index (χ3v) is 5.39. The van der Waals surface area contributed by atoms with Crippen molar-refractivity contribution in [3.63, 3.8) is 0 Å². The highest BCUT2D eigenvalue weighted by Crippen LogP contribution is 2.78. The first-order valence-electron chi connectivity index (χ1n) is 6.05. The van der Waals surface area contributed by atoms with Crippen LogP contribution in [0.5, 0.6) is 0 Å². The van der Waals surface area contributed by atoms with E-state index in [4.69, 9.17) is 4.74 Å². The molecule has 0 bridgehead atoms. The van der Waals surface area contributed by atoms with Crippen LogP contribution in [0, 0.1) is 16.7 Å². The molecule has 3 aliphatic rings. The van der Waals surface area contributed by atoms with Crippen molar-refractivity contribution in [3.05, 3.63) is 0 Å². The number of rotatable bonds is 1. The fourth-order valence-corrected chi connectivity index (χ4v) is 4.21. The van der Waals surface area contributed by atoms with Gasteiger partial charge < -0.3 is 14.9 Å². The van der Waals surface area contributed by atoms with Gasteiger partial charge in [-0.2, -0.15) is 0 Å². The van der Waals surface area contributed by atoms with Gasteiger partial charge in [-0.05, 0) is 19.3 Å². The summed E-state index contributed by atoms with van der Waals surface area (Å²) in [5.41, 5.74) is -0.190. The Morgan fingerprint density at radius 2 is 2.19 bits per heavy atom. The van der Waals surface area contributed by atoms with Crippen molar-refractivity contribution >= 4 is 5.97 Å². The van der Waals surface area contributed by atoms with Gasteiger partial charge in [0.05, 0.1) is 18.1 Å². The van der Waals surface area contributed by atoms with Gasteiger partial charge in [0, 0.05) is 10.8 Å². The van der Waals surface area contributed by atoms with E-state index in [9.17, 15) is 15.0 Å². The number of aliphatic hydroxyl groups excluding tert-OH is 2. The first-order valence-corrected chi connectivity index (χ1v) is 6.05. The number of esters is 1. The molecule has 1 heterocycles. The maximum Gasteiger partial charge on any atom is 0.312 e. The molecule has 4 heteroatoms. The molecule has 1 spiro atoms. The molecule has 3 rings (SSSR count). The second-order valence-electron chi connectivity index (χ2n) is 5.70. The molecule has 6 atom stereocenters. The minimum absolute atomic E-state index is 0.00664. The lowest BCUT2D eigenvalue weighted by Crippen LogP contribution is -2.47. The predicted octanol–water partition coefficient (Wildman–Crippen LogP) is 0.460. The summed E-state index contributed by atoms with van der Waals surface area (Å²) in [5.74, 6) is -0.826. The molecule has 0 amide bonds. The molecule has 90 valence electrons. The topological polar surface area (TPSA) is 66.8 Å². The zero-order chi connectivity index (χ0) is 11.7. The minimum Gasteiger partial charge on any atom is -0.461 e. The first kappa shape index (κ1) is 10.5. The van der Waals surface area contributed by atoms with Gasteiger partial charge in [0.15, 0.2) is 0 Å². The fourth-order valence-electron chi connectivity index (χ4n) is 4.21. The lowest BCUT2D eigenvalue weighted by molar-refractivity contribution is -0.158. The zero-order valence-corrected chi connectivity index (χ0v) is 9.64. The smallest absolute Gasteiger partial charge is 0.312 e. The number of hydrogen-bond donors (Lipinski definition) is 2. The van der Waals surface area contributed by atoms with E-state index in [2.05, 4.69) is 13.8 Å². The van der Waals surface area contributed by atoms with Crippen LogP contribution in [0.2, 0.25) is 0 Å². The van der Waals surface area contributed by atoms with Gasteiger partial charge in [0.2, 0.25) is 0 Å². The lowest BCUT2D eigenvalue weighted by Gasteiger charge is -2.37. The van der Waals surface area contributed by atoms with E-state index >= 15 is 0 Å². The van der Waals surface area contributed by atoms with Gasteiger partial charge in [-0.25, -0.2) is 0 Å². The first-order chi connectivity index (χ1) is 7.49. The van der Waals surface area contributed by atoms with Crippen LogP contribution < -0.4 is 0 Å². The average molecular weight is 226 g/mol. The second-order valence-corrected chi connectivity index (χ2v) is 5.70. The lowest BCUT2D eigenvalue weighted by atomic mass is 9.69. The number of carbonyl (C=O) groups excluding carboxylic acids is 1. The fraction of sp³-hybridized carbons (Fsp3) is 0.917. The Bertz CT molecular complexity index is 355. The summed E-state index contributed by atoms with van der Waals surface area (Å²) in [6.45, 7) is 4.22. The third kappa shape index (κ3) is 0.843. The number of carbonyl (C=O) groups is 1. The molecule has 1 saturated heterocycles. The average Bonchev–Trinajstić information content (AvgIpc) is 2.59. The van der Waals surface area contributed by atoms with Crippen molar-refractivity contribution < 1.29 is 19.7 Å². The summed E-state index contributed by atoms with van der Waals surface area (Å²) in [6.07, 6.45) is 0.550. The van der Waals surface area contributed by atoms with Crippen LogP contribution >= 0.6 is 0 Å². The Hall–Kier alpha value is -0.610. The summed E-state index contributed by atoms with van der Waals surface area (Å²) >= 11 is 0. The molecule has 4 nitrogen and oxygen atoms in total. The molecular formula is C12H18O4. The van der Waals surface area contributed by atoms with Crippen LogP contribution in [-0.4, -0.2) is 34.5 Å². The van der Waals surface area contributed by atoms with E-state index < -0.39 is 18.1 Å². The summed E-state index contributed by atoms with van der Waals surface area (Å²) < 4.78 is 5.39. The number of ether oxygens (including phenoxy) is 1. The van der Waals surface area contributed by atoms with E-state index in [-0.39, 0.29) is 22.9 Å². The molecule has 0 radical (unpaired) electrons. The Labute approximate surface area is 94.6 Å². The monoisotopic (exact) mass is 226 g/mol. The van der Waals surface area contributed by atoms with Crippen LogP contribution in [0.1, 0.15) is 33.1 Å². The molecule has 0 unspecified atom stereocenters. The molecule has 0 aromatic rings. The molecular weight excluding hydrogens is 208 g/mol.